The number of para-hydroxylation sites is 1. The fourth-order valence-corrected chi connectivity index (χ4v) is 2.75. The summed E-state index contributed by atoms with van der Waals surface area (Å²) in [4.78, 5) is 5.83. The number of nitrogens with one attached hydrogen (secondary N) is 1. The van der Waals surface area contributed by atoms with E-state index in [-0.39, 0.29) is 11.8 Å². The zero-order valence-electron chi connectivity index (χ0n) is 16.0. The third kappa shape index (κ3) is 5.23. The van der Waals surface area contributed by atoms with Crippen LogP contribution >= 0.6 is 0 Å². The van der Waals surface area contributed by atoms with Crippen molar-refractivity contribution in [2.45, 2.75) is 19.4 Å². The van der Waals surface area contributed by atoms with Gasteiger partial charge in [-0.25, -0.2) is 0 Å². The van der Waals surface area contributed by atoms with E-state index in [1.807, 2.05) is 37.3 Å². The van der Waals surface area contributed by atoms with Crippen molar-refractivity contribution in [3.05, 3.63) is 53.6 Å². The molecule has 0 heterocycles. The highest BCUT2D eigenvalue weighted by Gasteiger charge is 2.20. The molecule has 5 heteroatoms. The molecule has 2 aromatic carbocycles. The molecule has 0 saturated carbocycles. The lowest BCUT2D eigenvalue weighted by atomic mass is 10.0. The van der Waals surface area contributed by atoms with Crippen molar-refractivity contribution in [3.63, 3.8) is 0 Å². The highest BCUT2D eigenvalue weighted by Crippen LogP contribution is 2.24. The van der Waals surface area contributed by atoms with Crippen LogP contribution in [0.1, 0.15) is 30.5 Å². The number of likely N-dealkylation sites (N-methyl/N-ethyl adjacent to an activating group) is 1. The molecule has 2 N–H and O–H groups in total. The van der Waals surface area contributed by atoms with Crippen LogP contribution in [0.4, 0.5) is 0 Å². The number of ether oxygens (including phenoxy) is 2. The number of benzene rings is 2. The highest BCUT2D eigenvalue weighted by atomic mass is 16.5. The van der Waals surface area contributed by atoms with Crippen molar-refractivity contribution in [2.24, 2.45) is 4.99 Å². The van der Waals surface area contributed by atoms with Crippen molar-refractivity contribution in [1.29, 1.82) is 0 Å². The second-order valence-electron chi connectivity index (χ2n) is 6.44. The van der Waals surface area contributed by atoms with Gasteiger partial charge in [-0.1, -0.05) is 19.1 Å². The molecule has 0 aliphatic carbocycles. The van der Waals surface area contributed by atoms with Crippen molar-refractivity contribution in [3.8, 4) is 17.2 Å². The number of rotatable bonds is 9. The summed E-state index contributed by atoms with van der Waals surface area (Å²) < 4.78 is 11.0. The Morgan fingerprint density at radius 2 is 1.96 bits per heavy atom. The van der Waals surface area contributed by atoms with Crippen molar-refractivity contribution >= 4 is 6.21 Å². The Labute approximate surface area is 155 Å². The Hall–Kier alpha value is -2.53. The number of nitrogens with zero attached hydrogens (tertiary/aromatic N) is 1. The SMILES string of the molecule is CCCOc1ccc(C=NC[C@H](c2ccccc2OC)[NH+](C)C)c(O)c1. The first kappa shape index (κ1) is 19.8. The Morgan fingerprint density at radius 3 is 2.62 bits per heavy atom. The molecule has 0 amide bonds. The van der Waals surface area contributed by atoms with Gasteiger partial charge in [-0.3, -0.25) is 4.99 Å². The summed E-state index contributed by atoms with van der Waals surface area (Å²) in [6, 6.07) is 13.5. The number of phenolic OH excluding ortho intramolecular Hbond substituents is 1. The lowest BCUT2D eigenvalue weighted by Crippen LogP contribution is -3.06. The van der Waals surface area contributed by atoms with Crippen LogP contribution in [0, 0.1) is 0 Å². The molecule has 0 spiro atoms. The molecule has 0 saturated heterocycles. The van der Waals surface area contributed by atoms with Crippen LogP contribution in [0.25, 0.3) is 0 Å². The van der Waals surface area contributed by atoms with E-state index in [1.54, 1.807) is 19.4 Å². The molecule has 0 fully saturated rings. The van der Waals surface area contributed by atoms with Gasteiger partial charge in [0, 0.05) is 17.8 Å². The van der Waals surface area contributed by atoms with Gasteiger partial charge in [0.1, 0.15) is 23.3 Å². The number of hydrogen-bond donors (Lipinski definition) is 2. The van der Waals surface area contributed by atoms with Gasteiger partial charge in [0.05, 0.1) is 39.9 Å². The van der Waals surface area contributed by atoms with E-state index < -0.39 is 0 Å². The number of hydrogen-bond acceptors (Lipinski definition) is 4. The van der Waals surface area contributed by atoms with Crippen molar-refractivity contribution in [1.82, 2.24) is 0 Å². The molecule has 0 bridgehead atoms. The van der Waals surface area contributed by atoms with Crippen LogP contribution in [-0.4, -0.2) is 45.7 Å². The van der Waals surface area contributed by atoms with Crippen LogP contribution in [0.5, 0.6) is 17.2 Å². The Bertz CT molecular complexity index is 729. The van der Waals surface area contributed by atoms with E-state index in [0.717, 1.165) is 17.7 Å². The van der Waals surface area contributed by atoms with E-state index >= 15 is 0 Å². The molecule has 0 aliphatic heterocycles. The van der Waals surface area contributed by atoms with E-state index in [0.29, 0.717) is 24.5 Å². The molecule has 0 radical (unpaired) electrons. The van der Waals surface area contributed by atoms with Gasteiger partial charge in [0.25, 0.3) is 0 Å². The fraction of sp³-hybridized carbons (Fsp3) is 0.381. The number of methoxy groups -OCH3 is 1. The van der Waals surface area contributed by atoms with Crippen LogP contribution in [-0.2, 0) is 0 Å². The van der Waals surface area contributed by atoms with Crippen LogP contribution in [0.15, 0.2) is 47.5 Å². The largest absolute Gasteiger partial charge is 0.507 e. The van der Waals surface area contributed by atoms with Crippen LogP contribution in [0.3, 0.4) is 0 Å². The smallest absolute Gasteiger partial charge is 0.136 e. The first-order chi connectivity index (χ1) is 12.6. The Morgan fingerprint density at radius 1 is 1.19 bits per heavy atom. The first-order valence-corrected chi connectivity index (χ1v) is 8.95. The zero-order chi connectivity index (χ0) is 18.9. The molecule has 140 valence electrons. The molecular weight excluding hydrogens is 328 g/mol. The molecular formula is C21H29N2O3+. The minimum Gasteiger partial charge on any atom is -0.507 e. The van der Waals surface area contributed by atoms with Crippen molar-refractivity contribution in [2.75, 3.05) is 34.4 Å². The Balaban J connectivity index is 2.11. The summed E-state index contributed by atoms with van der Waals surface area (Å²) >= 11 is 0. The highest BCUT2D eigenvalue weighted by molar-refractivity contribution is 5.83. The van der Waals surface area contributed by atoms with Gasteiger partial charge >= 0.3 is 0 Å². The number of phenols is 1. The first-order valence-electron chi connectivity index (χ1n) is 8.95. The van der Waals surface area contributed by atoms with Gasteiger partial charge in [-0.2, -0.15) is 0 Å². The fourth-order valence-electron chi connectivity index (χ4n) is 2.75. The number of aromatic hydroxyl groups is 1. The van der Waals surface area contributed by atoms with E-state index in [9.17, 15) is 5.11 Å². The lowest BCUT2D eigenvalue weighted by molar-refractivity contribution is -0.890. The maximum absolute atomic E-state index is 10.2. The van der Waals surface area contributed by atoms with E-state index in [4.69, 9.17) is 9.47 Å². The molecule has 0 unspecified atom stereocenters. The Kier molecular flexibility index (Phi) is 7.48. The maximum atomic E-state index is 10.2. The van der Waals surface area contributed by atoms with E-state index in [1.165, 1.54) is 4.90 Å². The molecule has 2 aromatic rings. The summed E-state index contributed by atoms with van der Waals surface area (Å²) in [6.07, 6.45) is 2.64. The molecule has 0 aromatic heterocycles. The summed E-state index contributed by atoms with van der Waals surface area (Å²) in [5.41, 5.74) is 1.81. The van der Waals surface area contributed by atoms with Crippen LogP contribution < -0.4 is 14.4 Å². The van der Waals surface area contributed by atoms with Crippen LogP contribution in [0.2, 0.25) is 0 Å². The molecule has 0 aliphatic rings. The normalized spacial score (nSPS) is 12.5. The molecule has 2 rings (SSSR count). The monoisotopic (exact) mass is 357 g/mol. The average molecular weight is 357 g/mol. The minimum atomic E-state index is 0.164. The van der Waals surface area contributed by atoms with Gasteiger partial charge in [0.2, 0.25) is 0 Å². The summed E-state index contributed by atoms with van der Waals surface area (Å²) in [6.45, 7) is 3.28. The molecule has 5 nitrogen and oxygen atoms in total. The third-order valence-electron chi connectivity index (χ3n) is 4.20. The quantitative estimate of drug-likeness (QED) is 0.678. The predicted octanol–water partition coefficient (Wildman–Crippen LogP) is 2.49. The maximum Gasteiger partial charge on any atom is 0.136 e. The van der Waals surface area contributed by atoms with Gasteiger partial charge in [-0.15, -0.1) is 0 Å². The number of aliphatic imine (C=N–C) groups is 1. The molecule has 26 heavy (non-hydrogen) atoms. The van der Waals surface area contributed by atoms with Gasteiger partial charge < -0.3 is 19.5 Å². The minimum absolute atomic E-state index is 0.164. The molecule has 1 atom stereocenters. The zero-order valence-corrected chi connectivity index (χ0v) is 16.0. The summed E-state index contributed by atoms with van der Waals surface area (Å²) in [7, 11) is 5.89. The van der Waals surface area contributed by atoms with Gasteiger partial charge in [-0.05, 0) is 30.7 Å². The predicted molar refractivity (Wildman–Crippen MR) is 105 cm³/mol. The second-order valence-corrected chi connectivity index (χ2v) is 6.44. The average Bonchev–Trinajstić information content (AvgIpc) is 2.64. The second kappa shape index (κ2) is 9.82. The third-order valence-corrected chi connectivity index (χ3v) is 4.20. The lowest BCUT2D eigenvalue weighted by Gasteiger charge is -2.21. The van der Waals surface area contributed by atoms with E-state index in [2.05, 4.69) is 25.2 Å². The summed E-state index contributed by atoms with van der Waals surface area (Å²) in [5, 5.41) is 10.2. The summed E-state index contributed by atoms with van der Waals surface area (Å²) in [5.74, 6) is 1.72. The topological polar surface area (TPSA) is 55.5 Å². The standard InChI is InChI=1S/C21H28N2O3/c1-5-12-26-17-11-10-16(20(24)13-17)14-22-15-19(23(2)3)18-8-6-7-9-21(18)25-4/h6-11,13-14,19,24H,5,12,15H2,1-4H3/p+1/t19-/m1/s1. The van der Waals surface area contributed by atoms with Crippen molar-refractivity contribution < 1.29 is 19.5 Å². The number of quaternary nitrogens is 1. The van der Waals surface area contributed by atoms with Gasteiger partial charge in [0.15, 0.2) is 0 Å².